The van der Waals surface area contributed by atoms with Gasteiger partial charge in [0.25, 0.3) is 5.91 Å². The van der Waals surface area contributed by atoms with E-state index in [0.717, 1.165) is 21.8 Å². The third kappa shape index (κ3) is 4.27. The van der Waals surface area contributed by atoms with Gasteiger partial charge in [0, 0.05) is 34.0 Å². The lowest BCUT2D eigenvalue weighted by Gasteiger charge is -2.05. The molecule has 25 heavy (non-hydrogen) atoms. The Hall–Kier alpha value is -2.17. The second-order valence-corrected chi connectivity index (χ2v) is 7.54. The molecule has 0 unspecified atom stereocenters. The van der Waals surface area contributed by atoms with Crippen LogP contribution >= 0.6 is 22.9 Å². The fourth-order valence-electron chi connectivity index (χ4n) is 2.54. The summed E-state index contributed by atoms with van der Waals surface area (Å²) in [4.78, 5) is 18.1. The summed E-state index contributed by atoms with van der Waals surface area (Å²) in [7, 11) is 0. The van der Waals surface area contributed by atoms with Crippen LogP contribution in [0.5, 0.6) is 0 Å². The van der Waals surface area contributed by atoms with E-state index in [4.69, 9.17) is 16.6 Å². The molecule has 0 fully saturated rings. The smallest absolute Gasteiger partial charge is 0.251 e. The van der Waals surface area contributed by atoms with Crippen molar-refractivity contribution in [3.63, 3.8) is 0 Å². The van der Waals surface area contributed by atoms with Crippen LogP contribution in [-0.2, 0) is 6.42 Å². The number of aryl methyl sites for hydroxylation is 2. The Balaban J connectivity index is 1.61. The summed E-state index contributed by atoms with van der Waals surface area (Å²) >= 11 is 7.76. The Labute approximate surface area is 156 Å². The van der Waals surface area contributed by atoms with Crippen LogP contribution in [0.25, 0.3) is 11.3 Å². The number of hydrogen-bond acceptors (Lipinski definition) is 3. The van der Waals surface area contributed by atoms with Gasteiger partial charge in [-0.05, 0) is 31.5 Å². The first-order valence-electron chi connectivity index (χ1n) is 8.10. The number of hydrogen-bond donors (Lipinski definition) is 1. The number of aromatic nitrogens is 1. The van der Waals surface area contributed by atoms with E-state index in [1.807, 2.05) is 31.2 Å². The van der Waals surface area contributed by atoms with E-state index in [-0.39, 0.29) is 5.91 Å². The summed E-state index contributed by atoms with van der Waals surface area (Å²) in [6.45, 7) is 4.54. The van der Waals surface area contributed by atoms with Crippen molar-refractivity contribution >= 4 is 28.8 Å². The lowest BCUT2D eigenvalue weighted by Crippen LogP contribution is -2.25. The molecular weight excluding hydrogens is 352 g/mol. The summed E-state index contributed by atoms with van der Waals surface area (Å²) in [5, 5.41) is 4.57. The molecule has 0 aliphatic rings. The summed E-state index contributed by atoms with van der Waals surface area (Å²) in [6, 6.07) is 15.5. The van der Waals surface area contributed by atoms with Crippen molar-refractivity contribution in [3.05, 3.63) is 74.6 Å². The molecule has 5 heteroatoms. The van der Waals surface area contributed by atoms with Crippen molar-refractivity contribution < 1.29 is 4.79 Å². The van der Waals surface area contributed by atoms with E-state index >= 15 is 0 Å². The molecule has 1 aromatic heterocycles. The Kier molecular flexibility index (Phi) is 5.51. The Morgan fingerprint density at radius 3 is 2.64 bits per heavy atom. The van der Waals surface area contributed by atoms with Gasteiger partial charge in [-0.1, -0.05) is 48.0 Å². The molecule has 3 rings (SSSR count). The SMILES string of the molecule is Cc1ccc(C(=O)NCCc2nc(-c3ccccc3)c(C)s2)cc1Cl. The third-order valence-corrected chi connectivity index (χ3v) is 5.38. The van der Waals surface area contributed by atoms with Crippen molar-refractivity contribution in [3.8, 4) is 11.3 Å². The molecule has 0 saturated heterocycles. The maximum Gasteiger partial charge on any atom is 0.251 e. The first-order valence-corrected chi connectivity index (χ1v) is 9.30. The van der Waals surface area contributed by atoms with Gasteiger partial charge in [0.2, 0.25) is 0 Å². The number of nitrogens with one attached hydrogen (secondary N) is 1. The van der Waals surface area contributed by atoms with Crippen molar-refractivity contribution in [2.45, 2.75) is 20.3 Å². The van der Waals surface area contributed by atoms with Crippen molar-refractivity contribution in [2.75, 3.05) is 6.54 Å². The summed E-state index contributed by atoms with van der Waals surface area (Å²) < 4.78 is 0. The van der Waals surface area contributed by atoms with Crippen molar-refractivity contribution in [1.29, 1.82) is 0 Å². The minimum Gasteiger partial charge on any atom is -0.352 e. The fourth-order valence-corrected chi connectivity index (χ4v) is 3.68. The lowest BCUT2D eigenvalue weighted by atomic mass is 10.1. The highest BCUT2D eigenvalue weighted by Crippen LogP contribution is 2.27. The first kappa shape index (κ1) is 17.6. The molecule has 3 nitrogen and oxygen atoms in total. The molecule has 0 atom stereocenters. The topological polar surface area (TPSA) is 42.0 Å². The Bertz CT molecular complexity index is 890. The first-order chi connectivity index (χ1) is 12.0. The van der Waals surface area contributed by atoms with Crippen LogP contribution in [0.1, 0.15) is 25.8 Å². The predicted molar refractivity (Wildman–Crippen MR) is 105 cm³/mol. The molecule has 0 spiro atoms. The number of halogens is 1. The summed E-state index contributed by atoms with van der Waals surface area (Å²) in [6.07, 6.45) is 0.712. The second kappa shape index (κ2) is 7.81. The molecular formula is C20H19ClN2OS. The quantitative estimate of drug-likeness (QED) is 0.682. The zero-order valence-corrected chi connectivity index (χ0v) is 15.7. The van der Waals surface area contributed by atoms with Gasteiger partial charge in [-0.15, -0.1) is 11.3 Å². The molecule has 0 aliphatic heterocycles. The molecule has 0 aliphatic carbocycles. The van der Waals surface area contributed by atoms with E-state index in [2.05, 4.69) is 24.4 Å². The fraction of sp³-hybridized carbons (Fsp3) is 0.200. The maximum absolute atomic E-state index is 12.2. The largest absolute Gasteiger partial charge is 0.352 e. The molecule has 1 N–H and O–H groups in total. The number of nitrogens with zero attached hydrogens (tertiary/aromatic N) is 1. The monoisotopic (exact) mass is 370 g/mol. The summed E-state index contributed by atoms with van der Waals surface area (Å²) in [5.74, 6) is -0.113. The number of amides is 1. The second-order valence-electron chi connectivity index (χ2n) is 5.85. The van der Waals surface area contributed by atoms with Gasteiger partial charge in [0.05, 0.1) is 10.7 Å². The van der Waals surface area contributed by atoms with Gasteiger partial charge in [-0.2, -0.15) is 0 Å². The van der Waals surface area contributed by atoms with Crippen molar-refractivity contribution in [1.82, 2.24) is 10.3 Å². The number of thiazole rings is 1. The molecule has 2 aromatic carbocycles. The van der Waals surface area contributed by atoms with Crippen LogP contribution in [0.3, 0.4) is 0 Å². The van der Waals surface area contributed by atoms with E-state index in [1.165, 1.54) is 4.88 Å². The Morgan fingerprint density at radius 1 is 1.16 bits per heavy atom. The zero-order valence-electron chi connectivity index (χ0n) is 14.2. The van der Waals surface area contributed by atoms with Crippen molar-refractivity contribution in [2.24, 2.45) is 0 Å². The summed E-state index contributed by atoms with van der Waals surface area (Å²) in [5.41, 5.74) is 3.69. The normalized spacial score (nSPS) is 10.7. The minimum absolute atomic E-state index is 0.113. The Morgan fingerprint density at radius 2 is 1.92 bits per heavy atom. The van der Waals surface area contributed by atoms with Gasteiger partial charge in [0.1, 0.15) is 0 Å². The minimum atomic E-state index is -0.113. The number of carbonyl (C=O) groups is 1. The predicted octanol–water partition coefficient (Wildman–Crippen LogP) is 5.05. The number of rotatable bonds is 5. The molecule has 0 bridgehead atoms. The highest BCUT2D eigenvalue weighted by Gasteiger charge is 2.11. The van der Waals surface area contributed by atoms with Gasteiger partial charge < -0.3 is 5.32 Å². The molecule has 1 amide bonds. The zero-order chi connectivity index (χ0) is 17.8. The van der Waals surface area contributed by atoms with Gasteiger partial charge in [0.15, 0.2) is 0 Å². The van der Waals surface area contributed by atoms with Crippen LogP contribution < -0.4 is 5.32 Å². The van der Waals surface area contributed by atoms with Crippen LogP contribution in [-0.4, -0.2) is 17.4 Å². The van der Waals surface area contributed by atoms with E-state index < -0.39 is 0 Å². The number of benzene rings is 2. The number of carbonyl (C=O) groups excluding carboxylic acids is 1. The lowest BCUT2D eigenvalue weighted by molar-refractivity contribution is 0.0954. The van der Waals surface area contributed by atoms with E-state index in [0.29, 0.717) is 23.6 Å². The van der Waals surface area contributed by atoms with Crippen LogP contribution in [0.15, 0.2) is 48.5 Å². The van der Waals surface area contributed by atoms with Gasteiger partial charge in [-0.3, -0.25) is 4.79 Å². The molecule has 3 aromatic rings. The van der Waals surface area contributed by atoms with Crippen LogP contribution in [0.4, 0.5) is 0 Å². The molecule has 0 saturated carbocycles. The van der Waals surface area contributed by atoms with E-state index in [9.17, 15) is 4.79 Å². The third-order valence-electron chi connectivity index (χ3n) is 3.95. The van der Waals surface area contributed by atoms with Crippen LogP contribution in [0, 0.1) is 13.8 Å². The van der Waals surface area contributed by atoms with E-state index in [1.54, 1.807) is 23.5 Å². The van der Waals surface area contributed by atoms with Gasteiger partial charge in [-0.25, -0.2) is 4.98 Å². The average Bonchev–Trinajstić information content (AvgIpc) is 2.98. The molecule has 0 radical (unpaired) electrons. The van der Waals surface area contributed by atoms with Gasteiger partial charge >= 0.3 is 0 Å². The standard InChI is InChI=1S/C20H19ClN2OS/c1-13-8-9-16(12-17(13)21)20(24)22-11-10-18-23-19(14(2)25-18)15-6-4-3-5-7-15/h3-9,12H,10-11H2,1-2H3,(H,22,24). The molecule has 128 valence electrons. The maximum atomic E-state index is 12.2. The molecule has 1 heterocycles. The average molecular weight is 371 g/mol. The highest BCUT2D eigenvalue weighted by atomic mass is 35.5. The highest BCUT2D eigenvalue weighted by molar-refractivity contribution is 7.12. The van der Waals surface area contributed by atoms with Crippen LogP contribution in [0.2, 0.25) is 5.02 Å².